The first kappa shape index (κ1) is 28.6. The minimum absolute atomic E-state index is 0.109. The predicted octanol–water partition coefficient (Wildman–Crippen LogP) is 7.35. The molecule has 0 spiro atoms. The van der Waals surface area contributed by atoms with Crippen molar-refractivity contribution in [2.75, 3.05) is 7.11 Å². The molecule has 2 heterocycles. The first-order valence-electron chi connectivity index (χ1n) is 14.1. The molecule has 0 amide bonds. The molecule has 1 N–H and O–H groups in total. The van der Waals surface area contributed by atoms with Gasteiger partial charge >= 0.3 is 12.0 Å². The summed E-state index contributed by atoms with van der Waals surface area (Å²) in [5, 5.41) is 10.1. The summed E-state index contributed by atoms with van der Waals surface area (Å²) in [4.78, 5) is 25.1. The molecule has 5 aromatic rings. The van der Waals surface area contributed by atoms with Gasteiger partial charge in [-0.25, -0.2) is 19.2 Å². The normalized spacial score (nSPS) is 13.7. The van der Waals surface area contributed by atoms with Crippen LogP contribution in [-0.2, 0) is 19.6 Å². The van der Waals surface area contributed by atoms with Crippen LogP contribution in [0.1, 0.15) is 53.5 Å². The molecule has 8 nitrogen and oxygen atoms in total. The molecule has 0 radical (unpaired) electrons. The summed E-state index contributed by atoms with van der Waals surface area (Å²) in [7, 11) is 1.55. The minimum Gasteiger partial charge on any atom is -0.496 e. The molecular weight excluding hydrogens is 571 g/mol. The Balaban J connectivity index is 1.24. The molecule has 3 aromatic carbocycles. The molecule has 43 heavy (non-hydrogen) atoms. The maximum atomic E-state index is 15.5. The van der Waals surface area contributed by atoms with E-state index in [0.29, 0.717) is 28.5 Å². The van der Waals surface area contributed by atoms with E-state index in [2.05, 4.69) is 21.5 Å². The highest BCUT2D eigenvalue weighted by Crippen LogP contribution is 2.50. The second kappa shape index (κ2) is 11.6. The Morgan fingerprint density at radius 3 is 2.65 bits per heavy atom. The number of methoxy groups -OCH3 is 1. The van der Waals surface area contributed by atoms with E-state index in [9.17, 15) is 9.90 Å². The van der Waals surface area contributed by atoms with Crippen molar-refractivity contribution in [1.29, 1.82) is 0 Å². The number of aromatic nitrogens is 4. The lowest BCUT2D eigenvalue weighted by molar-refractivity contribution is 0.0697. The average Bonchev–Trinajstić information content (AvgIpc) is 3.71. The topological polar surface area (TPSA) is 99.4 Å². The van der Waals surface area contributed by atoms with Gasteiger partial charge in [0, 0.05) is 35.3 Å². The van der Waals surface area contributed by atoms with Crippen molar-refractivity contribution < 1.29 is 23.8 Å². The molecule has 0 atom stereocenters. The van der Waals surface area contributed by atoms with Crippen LogP contribution in [0.25, 0.3) is 22.3 Å². The van der Waals surface area contributed by atoms with Gasteiger partial charge < -0.3 is 19.1 Å². The Hall–Kier alpha value is -4.50. The minimum atomic E-state index is -0.978. The Kier molecular flexibility index (Phi) is 7.75. The lowest BCUT2D eigenvalue weighted by atomic mass is 10.0. The van der Waals surface area contributed by atoms with Crippen molar-refractivity contribution in [2.24, 2.45) is 5.41 Å². The van der Waals surface area contributed by atoms with Crippen LogP contribution < -0.4 is 9.47 Å². The fourth-order valence-electron chi connectivity index (χ4n) is 5.35. The number of benzene rings is 3. The molecule has 0 unspecified atom stereocenters. The lowest BCUT2D eigenvalue weighted by Crippen LogP contribution is -2.14. The average molecular weight is 601 g/mol. The summed E-state index contributed by atoms with van der Waals surface area (Å²) in [6, 6.07) is 17.0. The number of halogens is 2. The quantitative estimate of drug-likeness (QED) is 0.169. The van der Waals surface area contributed by atoms with Gasteiger partial charge in [-0.2, -0.15) is 4.98 Å². The van der Waals surface area contributed by atoms with E-state index < -0.39 is 11.8 Å². The Morgan fingerprint density at radius 2 is 1.93 bits per heavy atom. The zero-order valence-electron chi connectivity index (χ0n) is 23.8. The molecule has 10 heteroatoms. The highest BCUT2D eigenvalue weighted by molar-refractivity contribution is 6.30. The van der Waals surface area contributed by atoms with Crippen LogP contribution >= 0.6 is 11.6 Å². The Labute approximate surface area is 253 Å². The molecule has 1 aliphatic carbocycles. The predicted molar refractivity (Wildman–Crippen MR) is 161 cm³/mol. The van der Waals surface area contributed by atoms with Gasteiger partial charge in [0.25, 0.3) is 0 Å². The van der Waals surface area contributed by atoms with Crippen LogP contribution in [0.2, 0.25) is 5.02 Å². The number of carboxylic acid groups (broad SMARTS) is 1. The molecule has 1 saturated carbocycles. The largest absolute Gasteiger partial charge is 0.496 e. The van der Waals surface area contributed by atoms with Gasteiger partial charge in [-0.1, -0.05) is 30.7 Å². The number of fused-ring (bicyclic) bond motifs is 1. The van der Waals surface area contributed by atoms with Gasteiger partial charge in [0.05, 0.1) is 29.4 Å². The zero-order valence-corrected chi connectivity index (χ0v) is 24.6. The molecule has 220 valence electrons. The summed E-state index contributed by atoms with van der Waals surface area (Å²) < 4.78 is 28.8. The summed E-state index contributed by atoms with van der Waals surface area (Å²) in [5.41, 5.74) is 4.17. The van der Waals surface area contributed by atoms with E-state index in [0.717, 1.165) is 53.8 Å². The van der Waals surface area contributed by atoms with E-state index in [1.54, 1.807) is 55.6 Å². The summed E-state index contributed by atoms with van der Waals surface area (Å²) >= 11 is 6.04. The van der Waals surface area contributed by atoms with Crippen LogP contribution in [0.15, 0.2) is 66.9 Å². The maximum Gasteiger partial charge on any atom is 0.335 e. The Morgan fingerprint density at radius 1 is 1.09 bits per heavy atom. The van der Waals surface area contributed by atoms with Gasteiger partial charge in [-0.05, 0) is 78.8 Å². The molecule has 1 fully saturated rings. The van der Waals surface area contributed by atoms with Gasteiger partial charge in [0.1, 0.15) is 24.0 Å². The highest BCUT2D eigenvalue weighted by Gasteiger charge is 2.41. The number of rotatable bonds is 11. The molecule has 0 bridgehead atoms. The SMILES string of the molecule is CCC1(Cn2c(Cc3ccc(-c4ccnc(OCc5ccc(Cl)cc5OC)n4)c(F)c3)nc3ccc(C(=O)O)cc32)CC1. The number of hydrogen-bond acceptors (Lipinski definition) is 6. The summed E-state index contributed by atoms with van der Waals surface area (Å²) in [6.07, 6.45) is 5.21. The third-order valence-corrected chi connectivity index (χ3v) is 8.42. The molecule has 2 aromatic heterocycles. The molecule has 1 aliphatic rings. The first-order chi connectivity index (χ1) is 20.8. The smallest absolute Gasteiger partial charge is 0.335 e. The number of aromatic carboxylic acids is 1. The second-order valence-corrected chi connectivity index (χ2v) is 11.4. The van der Waals surface area contributed by atoms with Crippen LogP contribution in [0.5, 0.6) is 11.8 Å². The molecule has 0 aliphatic heterocycles. The third kappa shape index (κ3) is 6.03. The van der Waals surface area contributed by atoms with Crippen molar-refractivity contribution in [3.8, 4) is 23.0 Å². The van der Waals surface area contributed by atoms with Crippen molar-refractivity contribution in [1.82, 2.24) is 19.5 Å². The number of nitrogens with zero attached hydrogens (tertiary/aromatic N) is 4. The maximum absolute atomic E-state index is 15.5. The van der Waals surface area contributed by atoms with E-state index >= 15 is 4.39 Å². The fourth-order valence-corrected chi connectivity index (χ4v) is 5.51. The number of ether oxygens (including phenoxy) is 2. The lowest BCUT2D eigenvalue weighted by Gasteiger charge is -2.17. The molecular formula is C33H30ClFN4O4. The fraction of sp³-hybridized carbons (Fsp3) is 0.273. The van der Waals surface area contributed by atoms with Crippen LogP contribution in [0.4, 0.5) is 4.39 Å². The van der Waals surface area contributed by atoms with Crippen molar-refractivity contribution in [3.63, 3.8) is 0 Å². The van der Waals surface area contributed by atoms with Crippen LogP contribution in [-0.4, -0.2) is 37.7 Å². The van der Waals surface area contributed by atoms with Crippen LogP contribution in [0, 0.1) is 11.2 Å². The number of hydrogen-bond donors (Lipinski definition) is 1. The zero-order chi connectivity index (χ0) is 30.1. The summed E-state index contributed by atoms with van der Waals surface area (Å²) in [6.45, 7) is 3.09. The van der Waals surface area contributed by atoms with Crippen molar-refractivity contribution in [2.45, 2.75) is 45.8 Å². The molecule has 6 rings (SSSR count). The van der Waals surface area contributed by atoms with Gasteiger partial charge in [-0.15, -0.1) is 0 Å². The van der Waals surface area contributed by atoms with E-state index in [4.69, 9.17) is 26.1 Å². The van der Waals surface area contributed by atoms with Crippen LogP contribution in [0.3, 0.4) is 0 Å². The number of imidazole rings is 1. The van der Waals surface area contributed by atoms with Gasteiger partial charge in [0.15, 0.2) is 0 Å². The van der Waals surface area contributed by atoms with E-state index in [-0.39, 0.29) is 23.6 Å². The van der Waals surface area contributed by atoms with E-state index in [1.165, 1.54) is 12.3 Å². The van der Waals surface area contributed by atoms with Gasteiger partial charge in [0.2, 0.25) is 0 Å². The second-order valence-electron chi connectivity index (χ2n) is 10.9. The van der Waals surface area contributed by atoms with Crippen molar-refractivity contribution >= 4 is 28.6 Å². The standard InChI is InChI=1S/C33H30ClFN4O4/c1-3-33(11-12-33)19-39-28-16-21(31(40)41)6-9-27(28)37-30(39)15-20-4-8-24(25(35)14-20)26-10-13-36-32(38-26)43-18-22-5-7-23(34)17-29(22)42-2/h4-10,13-14,16-17H,3,11-12,15,18-19H2,1-2H3,(H,40,41). The highest BCUT2D eigenvalue weighted by atomic mass is 35.5. The first-order valence-corrected chi connectivity index (χ1v) is 14.4. The monoisotopic (exact) mass is 600 g/mol. The van der Waals surface area contributed by atoms with E-state index in [1.807, 2.05) is 6.07 Å². The third-order valence-electron chi connectivity index (χ3n) is 8.19. The Bertz CT molecular complexity index is 1840. The van der Waals surface area contributed by atoms with Gasteiger partial charge in [-0.3, -0.25) is 0 Å². The molecule has 0 saturated heterocycles. The number of carbonyl (C=O) groups is 1. The summed E-state index contributed by atoms with van der Waals surface area (Å²) in [5.74, 6) is -0.0408. The van der Waals surface area contributed by atoms with Crippen molar-refractivity contribution in [3.05, 3.63) is 100 Å². The number of carboxylic acids is 1.